The highest BCUT2D eigenvalue weighted by atomic mass is 16.5. The lowest BCUT2D eigenvalue weighted by atomic mass is 10.0. The Morgan fingerprint density at radius 2 is 2.17 bits per heavy atom. The molecule has 0 aromatic heterocycles. The van der Waals surface area contributed by atoms with Crippen molar-refractivity contribution in [1.82, 2.24) is 10.2 Å². The fourth-order valence-corrected chi connectivity index (χ4v) is 2.05. The van der Waals surface area contributed by atoms with Gasteiger partial charge in [-0.2, -0.15) is 0 Å². The molecular formula is C12H22N2O4. The molecule has 0 saturated carbocycles. The molecule has 0 bridgehead atoms. The van der Waals surface area contributed by atoms with Gasteiger partial charge in [0.15, 0.2) is 0 Å². The number of morpholine rings is 1. The van der Waals surface area contributed by atoms with Crippen LogP contribution in [-0.4, -0.2) is 59.8 Å². The standard InChI is InChI=1S/C12H22N2O4/c1-4-14(12(2,3)11(16)17)10(15)7-9-8-13-5-6-18-9/h9,13H,4-8H2,1-3H3,(H,16,17). The monoisotopic (exact) mass is 258 g/mol. The predicted molar refractivity (Wildman–Crippen MR) is 66.3 cm³/mol. The average molecular weight is 258 g/mol. The molecule has 104 valence electrons. The third-order valence-corrected chi connectivity index (χ3v) is 3.22. The maximum atomic E-state index is 12.1. The molecule has 0 aromatic rings. The Kier molecular flexibility index (Phi) is 5.10. The molecule has 0 aliphatic carbocycles. The van der Waals surface area contributed by atoms with E-state index < -0.39 is 11.5 Å². The van der Waals surface area contributed by atoms with Crippen molar-refractivity contribution in [3.8, 4) is 0 Å². The number of carbonyl (C=O) groups is 2. The smallest absolute Gasteiger partial charge is 0.329 e. The van der Waals surface area contributed by atoms with Crippen LogP contribution in [0, 0.1) is 0 Å². The van der Waals surface area contributed by atoms with Crippen molar-refractivity contribution < 1.29 is 19.4 Å². The Labute approximate surface area is 107 Å². The van der Waals surface area contributed by atoms with Crippen LogP contribution in [0.1, 0.15) is 27.2 Å². The molecule has 1 saturated heterocycles. The maximum Gasteiger partial charge on any atom is 0.329 e. The first-order valence-electron chi connectivity index (χ1n) is 6.25. The molecule has 2 N–H and O–H groups in total. The minimum atomic E-state index is -1.19. The first kappa shape index (κ1) is 14.9. The quantitative estimate of drug-likeness (QED) is 0.730. The van der Waals surface area contributed by atoms with Gasteiger partial charge in [0.25, 0.3) is 0 Å². The first-order chi connectivity index (χ1) is 8.39. The molecule has 1 rings (SSSR count). The summed E-state index contributed by atoms with van der Waals surface area (Å²) >= 11 is 0. The van der Waals surface area contributed by atoms with Crippen LogP contribution in [-0.2, 0) is 14.3 Å². The summed E-state index contributed by atoms with van der Waals surface area (Å²) in [5.74, 6) is -1.18. The number of nitrogens with zero attached hydrogens (tertiary/aromatic N) is 1. The molecule has 0 radical (unpaired) electrons. The van der Waals surface area contributed by atoms with Gasteiger partial charge < -0.3 is 20.1 Å². The van der Waals surface area contributed by atoms with Crippen molar-refractivity contribution >= 4 is 11.9 Å². The Morgan fingerprint density at radius 1 is 1.50 bits per heavy atom. The van der Waals surface area contributed by atoms with E-state index in [0.717, 1.165) is 6.54 Å². The molecule has 1 unspecified atom stereocenters. The molecule has 6 nitrogen and oxygen atoms in total. The predicted octanol–water partition coefficient (Wildman–Crippen LogP) is 0.0766. The number of rotatable bonds is 5. The SMILES string of the molecule is CCN(C(=O)CC1CNCCO1)C(C)(C)C(=O)O. The Bertz CT molecular complexity index is 311. The van der Waals surface area contributed by atoms with Crippen molar-refractivity contribution in [3.05, 3.63) is 0 Å². The minimum Gasteiger partial charge on any atom is -0.480 e. The summed E-state index contributed by atoms with van der Waals surface area (Å²) in [4.78, 5) is 24.7. The second kappa shape index (κ2) is 6.15. The number of carbonyl (C=O) groups excluding carboxylic acids is 1. The molecule has 1 aliphatic heterocycles. The number of hydrogen-bond donors (Lipinski definition) is 2. The van der Waals surface area contributed by atoms with Gasteiger partial charge in [-0.3, -0.25) is 4.79 Å². The maximum absolute atomic E-state index is 12.1. The summed E-state index contributed by atoms with van der Waals surface area (Å²) in [7, 11) is 0. The lowest BCUT2D eigenvalue weighted by molar-refractivity contribution is -0.158. The molecule has 1 heterocycles. The summed E-state index contributed by atoms with van der Waals surface area (Å²) < 4.78 is 5.46. The van der Waals surface area contributed by atoms with Gasteiger partial charge in [0.2, 0.25) is 5.91 Å². The van der Waals surface area contributed by atoms with E-state index >= 15 is 0 Å². The molecule has 18 heavy (non-hydrogen) atoms. The van der Waals surface area contributed by atoms with Crippen molar-refractivity contribution in [2.45, 2.75) is 38.8 Å². The zero-order valence-corrected chi connectivity index (χ0v) is 11.2. The molecule has 0 aromatic carbocycles. The van der Waals surface area contributed by atoms with Crippen LogP contribution >= 0.6 is 0 Å². The van der Waals surface area contributed by atoms with Crippen molar-refractivity contribution in [2.75, 3.05) is 26.2 Å². The fraction of sp³-hybridized carbons (Fsp3) is 0.833. The van der Waals surface area contributed by atoms with E-state index in [1.54, 1.807) is 6.92 Å². The highest BCUT2D eigenvalue weighted by Crippen LogP contribution is 2.17. The van der Waals surface area contributed by atoms with Crippen LogP contribution in [0.15, 0.2) is 0 Å². The number of aliphatic carboxylic acids is 1. The van der Waals surface area contributed by atoms with Crippen molar-refractivity contribution in [1.29, 1.82) is 0 Å². The second-order valence-corrected chi connectivity index (χ2v) is 4.90. The zero-order chi connectivity index (χ0) is 13.8. The van der Waals surface area contributed by atoms with Crippen LogP contribution in [0.25, 0.3) is 0 Å². The average Bonchev–Trinajstić information content (AvgIpc) is 2.30. The zero-order valence-electron chi connectivity index (χ0n) is 11.2. The summed E-state index contributed by atoms with van der Waals surface area (Å²) in [6, 6.07) is 0. The third-order valence-electron chi connectivity index (χ3n) is 3.22. The Morgan fingerprint density at radius 3 is 2.61 bits per heavy atom. The third kappa shape index (κ3) is 3.43. The van der Waals surface area contributed by atoms with Gasteiger partial charge in [-0.05, 0) is 20.8 Å². The van der Waals surface area contributed by atoms with E-state index in [2.05, 4.69) is 5.32 Å². The molecule has 1 aliphatic rings. The lowest BCUT2D eigenvalue weighted by Crippen LogP contribution is -2.54. The van der Waals surface area contributed by atoms with E-state index in [-0.39, 0.29) is 18.4 Å². The molecule has 6 heteroatoms. The largest absolute Gasteiger partial charge is 0.480 e. The number of ether oxygens (including phenoxy) is 1. The van der Waals surface area contributed by atoms with Gasteiger partial charge in [0.1, 0.15) is 5.54 Å². The number of carboxylic acid groups (broad SMARTS) is 1. The molecule has 1 fully saturated rings. The lowest BCUT2D eigenvalue weighted by Gasteiger charge is -2.35. The summed E-state index contributed by atoms with van der Waals surface area (Å²) in [6.45, 7) is 7.25. The highest BCUT2D eigenvalue weighted by molar-refractivity contribution is 5.86. The van der Waals surface area contributed by atoms with E-state index in [0.29, 0.717) is 19.7 Å². The normalized spacial score (nSPS) is 20.5. The summed E-state index contributed by atoms with van der Waals surface area (Å²) in [5.41, 5.74) is -1.19. The fourth-order valence-electron chi connectivity index (χ4n) is 2.05. The number of hydrogen-bond acceptors (Lipinski definition) is 4. The van der Waals surface area contributed by atoms with Gasteiger partial charge in [0, 0.05) is 19.6 Å². The van der Waals surface area contributed by atoms with Gasteiger partial charge >= 0.3 is 5.97 Å². The van der Waals surface area contributed by atoms with E-state index in [1.807, 2.05) is 0 Å². The van der Waals surface area contributed by atoms with Crippen LogP contribution in [0.5, 0.6) is 0 Å². The van der Waals surface area contributed by atoms with E-state index in [1.165, 1.54) is 18.7 Å². The van der Waals surface area contributed by atoms with Crippen LogP contribution in [0.3, 0.4) is 0 Å². The molecular weight excluding hydrogens is 236 g/mol. The van der Waals surface area contributed by atoms with Crippen molar-refractivity contribution in [2.24, 2.45) is 0 Å². The Balaban J connectivity index is 2.64. The van der Waals surface area contributed by atoms with Gasteiger partial charge in [-0.1, -0.05) is 0 Å². The topological polar surface area (TPSA) is 78.9 Å². The first-order valence-corrected chi connectivity index (χ1v) is 6.25. The Hall–Kier alpha value is -1.14. The number of amides is 1. The number of likely N-dealkylation sites (N-methyl/N-ethyl adjacent to an activating group) is 1. The molecule has 0 spiro atoms. The van der Waals surface area contributed by atoms with Gasteiger partial charge in [-0.25, -0.2) is 4.79 Å². The van der Waals surface area contributed by atoms with Crippen molar-refractivity contribution in [3.63, 3.8) is 0 Å². The number of carboxylic acids is 1. The van der Waals surface area contributed by atoms with E-state index in [9.17, 15) is 9.59 Å². The summed E-state index contributed by atoms with van der Waals surface area (Å²) in [5, 5.41) is 12.3. The molecule has 1 atom stereocenters. The van der Waals surface area contributed by atoms with Crippen LogP contribution < -0.4 is 5.32 Å². The van der Waals surface area contributed by atoms with Gasteiger partial charge in [-0.15, -0.1) is 0 Å². The van der Waals surface area contributed by atoms with Crippen LogP contribution in [0.4, 0.5) is 0 Å². The van der Waals surface area contributed by atoms with Crippen LogP contribution in [0.2, 0.25) is 0 Å². The van der Waals surface area contributed by atoms with E-state index in [4.69, 9.17) is 9.84 Å². The molecule has 1 amide bonds. The van der Waals surface area contributed by atoms with Gasteiger partial charge in [0.05, 0.1) is 19.1 Å². The number of nitrogens with one attached hydrogen (secondary N) is 1. The minimum absolute atomic E-state index is 0.162. The highest BCUT2D eigenvalue weighted by Gasteiger charge is 2.37. The second-order valence-electron chi connectivity index (χ2n) is 4.90. The summed E-state index contributed by atoms with van der Waals surface area (Å²) in [6.07, 6.45) is 0.0577.